The average molecular weight is 473 g/mol. The van der Waals surface area contributed by atoms with Crippen molar-refractivity contribution < 1.29 is 9.53 Å². The van der Waals surface area contributed by atoms with Crippen molar-refractivity contribution in [2.75, 3.05) is 11.9 Å². The zero-order valence-corrected chi connectivity index (χ0v) is 19.5. The highest BCUT2D eigenvalue weighted by Gasteiger charge is 2.56. The third kappa shape index (κ3) is 4.17. The molecule has 4 aromatic heterocycles. The Morgan fingerprint density at radius 3 is 2.91 bits per heavy atom. The van der Waals surface area contributed by atoms with E-state index >= 15 is 0 Å². The highest BCUT2D eigenvalue weighted by atomic mass is 16.6. The predicted octanol–water partition coefficient (Wildman–Crippen LogP) is 1.84. The number of ether oxygens (including phenoxy) is 1. The fourth-order valence-electron chi connectivity index (χ4n) is 4.04. The second-order valence-corrected chi connectivity index (χ2v) is 9.00. The van der Waals surface area contributed by atoms with Gasteiger partial charge in [0.2, 0.25) is 0 Å². The van der Waals surface area contributed by atoms with Gasteiger partial charge in [-0.1, -0.05) is 5.21 Å². The number of anilines is 1. The van der Waals surface area contributed by atoms with Gasteiger partial charge in [0, 0.05) is 29.6 Å². The van der Waals surface area contributed by atoms with E-state index in [1.165, 1.54) is 6.20 Å². The summed E-state index contributed by atoms with van der Waals surface area (Å²) >= 11 is 0. The Hall–Kier alpha value is -4.37. The molecule has 1 fully saturated rings. The number of hydrogen-bond donors (Lipinski definition) is 2. The van der Waals surface area contributed by atoms with Gasteiger partial charge in [0.05, 0.1) is 42.1 Å². The van der Waals surface area contributed by atoms with E-state index in [2.05, 4.69) is 36.8 Å². The van der Waals surface area contributed by atoms with Gasteiger partial charge in [-0.05, 0) is 33.3 Å². The third-order valence-corrected chi connectivity index (χ3v) is 5.88. The summed E-state index contributed by atoms with van der Waals surface area (Å²) < 4.78 is 8.74. The average Bonchev–Trinajstić information content (AvgIpc) is 3.19. The molecule has 12 nitrogen and oxygen atoms in total. The number of hydrogen-bond acceptors (Lipinski definition) is 10. The van der Waals surface area contributed by atoms with Gasteiger partial charge >= 0.3 is 5.97 Å². The summed E-state index contributed by atoms with van der Waals surface area (Å²) in [6, 6.07) is 5.83. The summed E-state index contributed by atoms with van der Waals surface area (Å²) in [5, 5.41) is 26.3. The van der Waals surface area contributed by atoms with Crippen LogP contribution in [0.1, 0.15) is 44.4 Å². The molecule has 0 amide bonds. The lowest BCUT2D eigenvalue weighted by molar-refractivity contribution is -0.148. The summed E-state index contributed by atoms with van der Waals surface area (Å²) in [6.07, 6.45) is 7.34. The fourth-order valence-corrected chi connectivity index (χ4v) is 4.04. The van der Waals surface area contributed by atoms with Crippen LogP contribution in [-0.4, -0.2) is 58.9 Å². The number of nitriles is 1. The van der Waals surface area contributed by atoms with Crippen LogP contribution >= 0.6 is 0 Å². The molecule has 0 aliphatic heterocycles. The molecular weight excluding hydrogens is 448 g/mol. The number of nitrogens with two attached hydrogens (primary N) is 1. The lowest BCUT2D eigenvalue weighted by Crippen LogP contribution is -2.24. The Morgan fingerprint density at radius 1 is 1.34 bits per heavy atom. The molecule has 5 rings (SSSR count). The highest BCUT2D eigenvalue weighted by Crippen LogP contribution is 2.53. The number of nitrogens with one attached hydrogen (secondary N) is 1. The van der Waals surface area contributed by atoms with Crippen LogP contribution in [-0.2, 0) is 9.53 Å². The van der Waals surface area contributed by atoms with E-state index < -0.39 is 11.6 Å². The van der Waals surface area contributed by atoms with Crippen molar-refractivity contribution in [1.82, 2.24) is 34.7 Å². The first-order chi connectivity index (χ1) is 16.8. The van der Waals surface area contributed by atoms with Crippen molar-refractivity contribution in [3.05, 3.63) is 48.2 Å². The molecule has 4 aromatic rings. The molecule has 2 atom stereocenters. The molecule has 0 saturated heterocycles. The molecule has 3 N–H and O–H groups in total. The molecule has 0 bridgehead atoms. The molecule has 12 heteroatoms. The number of nitrogens with zero attached hydrogens (tertiary/aromatic N) is 8. The Balaban J connectivity index is 1.47. The van der Waals surface area contributed by atoms with Gasteiger partial charge in [0.15, 0.2) is 11.5 Å². The standard InChI is InChI=1S/C23H24N10O2/c1-13(2)29-17-5-20(33-22-15(10-28-33)4-14(7-24)9-27-22)26-11-19(17)32-12-18(30-31-32)16-6-23(16,3)35-21(34)8-25/h4-5,9-13,16H,6,8,25H2,1-3H3,(H,26,29). The first-order valence-electron chi connectivity index (χ1n) is 11.2. The molecule has 2 unspecified atom stereocenters. The minimum Gasteiger partial charge on any atom is -0.458 e. The number of esters is 1. The van der Waals surface area contributed by atoms with Crippen LogP contribution in [0.5, 0.6) is 0 Å². The van der Waals surface area contributed by atoms with Crippen LogP contribution in [0.15, 0.2) is 36.9 Å². The van der Waals surface area contributed by atoms with Gasteiger partial charge in [-0.25, -0.2) is 14.6 Å². The highest BCUT2D eigenvalue weighted by molar-refractivity contribution is 5.77. The van der Waals surface area contributed by atoms with E-state index in [1.54, 1.807) is 27.8 Å². The van der Waals surface area contributed by atoms with Crippen molar-refractivity contribution >= 4 is 22.7 Å². The van der Waals surface area contributed by atoms with Crippen molar-refractivity contribution in [2.45, 2.75) is 44.8 Å². The molecular formula is C23H24N10O2. The van der Waals surface area contributed by atoms with Gasteiger partial charge < -0.3 is 15.8 Å². The lowest BCUT2D eigenvalue weighted by Gasteiger charge is -2.15. The Bertz CT molecular complexity index is 1470. The number of aromatic nitrogens is 7. The molecule has 4 heterocycles. The zero-order valence-electron chi connectivity index (χ0n) is 19.5. The molecule has 178 valence electrons. The summed E-state index contributed by atoms with van der Waals surface area (Å²) in [7, 11) is 0. The number of carbonyl (C=O) groups excluding carboxylic acids is 1. The van der Waals surface area contributed by atoms with Gasteiger partial charge in [-0.2, -0.15) is 15.0 Å². The third-order valence-electron chi connectivity index (χ3n) is 5.88. The Morgan fingerprint density at radius 2 is 2.17 bits per heavy atom. The van der Waals surface area contributed by atoms with Crippen LogP contribution < -0.4 is 11.1 Å². The Labute approximate surface area is 200 Å². The van der Waals surface area contributed by atoms with Crippen LogP contribution in [0.2, 0.25) is 0 Å². The topological polar surface area (TPSA) is 162 Å². The van der Waals surface area contributed by atoms with E-state index in [4.69, 9.17) is 15.7 Å². The molecule has 0 spiro atoms. The Kier molecular flexibility index (Phi) is 5.41. The number of pyridine rings is 2. The summed E-state index contributed by atoms with van der Waals surface area (Å²) in [5.41, 5.74) is 8.05. The van der Waals surface area contributed by atoms with E-state index in [9.17, 15) is 4.79 Å². The number of rotatable bonds is 7. The van der Waals surface area contributed by atoms with Gasteiger partial charge in [0.1, 0.15) is 17.4 Å². The van der Waals surface area contributed by atoms with Crippen LogP contribution in [0, 0.1) is 11.3 Å². The first kappa shape index (κ1) is 22.4. The maximum atomic E-state index is 11.6. The molecule has 1 aliphatic rings. The summed E-state index contributed by atoms with van der Waals surface area (Å²) in [5.74, 6) is 0.0864. The van der Waals surface area contributed by atoms with Crippen LogP contribution in [0.3, 0.4) is 0 Å². The second-order valence-electron chi connectivity index (χ2n) is 9.00. The van der Waals surface area contributed by atoms with E-state index in [1.807, 2.05) is 33.0 Å². The van der Waals surface area contributed by atoms with Crippen molar-refractivity contribution in [3.63, 3.8) is 0 Å². The van der Waals surface area contributed by atoms with E-state index in [0.29, 0.717) is 29.1 Å². The molecule has 1 aliphatic carbocycles. The quantitative estimate of drug-likeness (QED) is 0.379. The minimum atomic E-state index is -0.613. The smallest absolute Gasteiger partial charge is 0.320 e. The monoisotopic (exact) mass is 472 g/mol. The van der Waals surface area contributed by atoms with E-state index in [-0.39, 0.29) is 18.5 Å². The largest absolute Gasteiger partial charge is 0.458 e. The molecule has 35 heavy (non-hydrogen) atoms. The summed E-state index contributed by atoms with van der Waals surface area (Å²) in [4.78, 5) is 20.6. The van der Waals surface area contributed by atoms with Gasteiger partial charge in [0.25, 0.3) is 0 Å². The maximum Gasteiger partial charge on any atom is 0.320 e. The summed E-state index contributed by atoms with van der Waals surface area (Å²) in [6.45, 7) is 5.78. The number of fused-ring (bicyclic) bond motifs is 1. The molecule has 0 aromatic carbocycles. The van der Waals surface area contributed by atoms with Gasteiger partial charge in [-0.3, -0.25) is 4.79 Å². The van der Waals surface area contributed by atoms with Gasteiger partial charge in [-0.15, -0.1) is 5.10 Å². The number of carbonyl (C=O) groups is 1. The second kappa shape index (κ2) is 8.44. The molecule has 1 saturated carbocycles. The van der Waals surface area contributed by atoms with Crippen molar-refractivity contribution in [2.24, 2.45) is 5.73 Å². The van der Waals surface area contributed by atoms with Crippen molar-refractivity contribution in [3.8, 4) is 17.6 Å². The van der Waals surface area contributed by atoms with Crippen LogP contribution in [0.25, 0.3) is 22.5 Å². The first-order valence-corrected chi connectivity index (χ1v) is 11.2. The predicted molar refractivity (Wildman–Crippen MR) is 126 cm³/mol. The zero-order chi connectivity index (χ0) is 24.7. The van der Waals surface area contributed by atoms with Crippen molar-refractivity contribution in [1.29, 1.82) is 5.26 Å². The minimum absolute atomic E-state index is 0.0414. The SMILES string of the molecule is CC(C)Nc1cc(-n2ncc3cc(C#N)cnc32)ncc1-n1cc(C2CC2(C)OC(=O)CN)nn1. The van der Waals surface area contributed by atoms with Crippen LogP contribution in [0.4, 0.5) is 5.69 Å². The maximum absolute atomic E-state index is 11.6. The fraction of sp³-hybridized carbons (Fsp3) is 0.348. The molecule has 0 radical (unpaired) electrons. The van der Waals surface area contributed by atoms with E-state index in [0.717, 1.165) is 16.8 Å². The lowest BCUT2D eigenvalue weighted by atomic mass is 10.2. The normalized spacial score (nSPS) is 19.0.